The summed E-state index contributed by atoms with van der Waals surface area (Å²) in [6, 6.07) is 5.42. The molecule has 0 aliphatic carbocycles. The molecule has 0 saturated carbocycles. The van der Waals surface area contributed by atoms with Crippen LogP contribution in [0.2, 0.25) is 5.02 Å². The first-order valence-electron chi connectivity index (χ1n) is 5.70. The first-order valence-corrected chi connectivity index (χ1v) is 6.08. The fourth-order valence-electron chi connectivity index (χ4n) is 1.90. The first-order chi connectivity index (χ1) is 7.60. The summed E-state index contributed by atoms with van der Waals surface area (Å²) in [5.74, 6) is 0.149. The molecule has 1 rings (SSSR count). The van der Waals surface area contributed by atoms with E-state index >= 15 is 0 Å². The highest BCUT2D eigenvalue weighted by Gasteiger charge is 2.16. The van der Waals surface area contributed by atoms with E-state index in [9.17, 15) is 4.39 Å². The molecule has 0 fully saturated rings. The van der Waals surface area contributed by atoms with E-state index in [0.29, 0.717) is 12.0 Å². The molecule has 0 aromatic heterocycles. The Morgan fingerprint density at radius 3 is 2.69 bits per heavy atom. The van der Waals surface area contributed by atoms with E-state index < -0.39 is 0 Å². The summed E-state index contributed by atoms with van der Waals surface area (Å²) in [4.78, 5) is 0. The third-order valence-electron chi connectivity index (χ3n) is 3.20. The van der Waals surface area contributed by atoms with Gasteiger partial charge in [-0.2, -0.15) is 0 Å². The number of rotatable bonds is 5. The van der Waals surface area contributed by atoms with Crippen molar-refractivity contribution in [2.45, 2.75) is 32.7 Å². The van der Waals surface area contributed by atoms with Gasteiger partial charge in [0.25, 0.3) is 0 Å². The molecule has 0 spiro atoms. The molecule has 0 aliphatic heterocycles. The van der Waals surface area contributed by atoms with E-state index in [0.717, 1.165) is 18.4 Å². The molecule has 1 aromatic carbocycles. The smallest absolute Gasteiger partial charge is 0.142 e. The topological polar surface area (TPSA) is 12.0 Å². The Bertz CT molecular complexity index is 341. The minimum Gasteiger partial charge on any atom is -0.317 e. The molecule has 2 unspecified atom stereocenters. The number of benzene rings is 1. The zero-order chi connectivity index (χ0) is 12.1. The quantitative estimate of drug-likeness (QED) is 0.832. The molecule has 16 heavy (non-hydrogen) atoms. The van der Waals surface area contributed by atoms with Gasteiger partial charge < -0.3 is 5.32 Å². The van der Waals surface area contributed by atoms with Crippen molar-refractivity contribution < 1.29 is 4.39 Å². The fraction of sp³-hybridized carbons (Fsp3) is 0.538. The molecule has 1 N–H and O–H groups in total. The molecular weight excluding hydrogens is 225 g/mol. The van der Waals surface area contributed by atoms with Crippen LogP contribution in [0.25, 0.3) is 0 Å². The second-order valence-corrected chi connectivity index (χ2v) is 4.54. The summed E-state index contributed by atoms with van der Waals surface area (Å²) in [6.07, 6.45) is 1.87. The molecular formula is C13H19ClFN. The van der Waals surface area contributed by atoms with Crippen molar-refractivity contribution >= 4 is 11.6 Å². The molecule has 2 atom stereocenters. The van der Waals surface area contributed by atoms with Gasteiger partial charge in [-0.3, -0.25) is 0 Å². The van der Waals surface area contributed by atoms with Gasteiger partial charge in [-0.05, 0) is 37.9 Å². The molecule has 90 valence electrons. The van der Waals surface area contributed by atoms with Crippen molar-refractivity contribution in [1.29, 1.82) is 0 Å². The van der Waals surface area contributed by atoms with Gasteiger partial charge in [-0.15, -0.1) is 0 Å². The van der Waals surface area contributed by atoms with Crippen LogP contribution in [0.5, 0.6) is 0 Å². The molecule has 1 aromatic rings. The maximum atomic E-state index is 13.3. The summed E-state index contributed by atoms with van der Waals surface area (Å²) in [6.45, 7) is 4.28. The molecule has 0 saturated heterocycles. The molecule has 0 heterocycles. The summed E-state index contributed by atoms with van der Waals surface area (Å²) in [5, 5.41) is 3.50. The van der Waals surface area contributed by atoms with E-state index in [1.54, 1.807) is 6.07 Å². The zero-order valence-corrected chi connectivity index (χ0v) is 10.8. The van der Waals surface area contributed by atoms with Crippen LogP contribution in [0.4, 0.5) is 4.39 Å². The van der Waals surface area contributed by atoms with Crippen LogP contribution in [-0.2, 0) is 6.42 Å². The average Bonchev–Trinajstić information content (AvgIpc) is 2.30. The van der Waals surface area contributed by atoms with Gasteiger partial charge in [0.2, 0.25) is 0 Å². The minimum atomic E-state index is -0.328. The van der Waals surface area contributed by atoms with Gasteiger partial charge in [0.15, 0.2) is 0 Å². The molecule has 0 radical (unpaired) electrons. The normalized spacial score (nSPS) is 14.8. The Kier molecular flexibility index (Phi) is 5.23. The fourth-order valence-corrected chi connectivity index (χ4v) is 2.10. The SMILES string of the molecule is CCC(Cc1cccc(F)c1Cl)C(C)NC. The minimum absolute atomic E-state index is 0.268. The summed E-state index contributed by atoms with van der Waals surface area (Å²) in [5.41, 5.74) is 0.899. The number of hydrogen-bond acceptors (Lipinski definition) is 1. The zero-order valence-electron chi connectivity index (χ0n) is 10.1. The number of hydrogen-bond donors (Lipinski definition) is 1. The summed E-state index contributed by atoms with van der Waals surface area (Å²) >= 11 is 5.95. The lowest BCUT2D eigenvalue weighted by atomic mass is 9.91. The molecule has 1 nitrogen and oxygen atoms in total. The van der Waals surface area contributed by atoms with Gasteiger partial charge in [0, 0.05) is 6.04 Å². The monoisotopic (exact) mass is 243 g/mol. The van der Waals surface area contributed by atoms with Gasteiger partial charge in [0.1, 0.15) is 5.82 Å². The first kappa shape index (κ1) is 13.5. The average molecular weight is 244 g/mol. The van der Waals surface area contributed by atoms with Crippen LogP contribution in [0, 0.1) is 11.7 Å². The van der Waals surface area contributed by atoms with Crippen LogP contribution in [-0.4, -0.2) is 13.1 Å². The van der Waals surface area contributed by atoms with Gasteiger partial charge >= 0.3 is 0 Å². The lowest BCUT2D eigenvalue weighted by Crippen LogP contribution is -2.31. The van der Waals surface area contributed by atoms with E-state index in [2.05, 4.69) is 19.2 Å². The van der Waals surface area contributed by atoms with E-state index in [4.69, 9.17) is 11.6 Å². The molecule has 0 amide bonds. The van der Waals surface area contributed by atoms with Crippen molar-refractivity contribution in [2.75, 3.05) is 7.05 Å². The van der Waals surface area contributed by atoms with Gasteiger partial charge in [0.05, 0.1) is 5.02 Å². The predicted molar refractivity (Wildman–Crippen MR) is 67.4 cm³/mol. The Balaban J connectivity index is 2.82. The van der Waals surface area contributed by atoms with Crippen LogP contribution in [0.3, 0.4) is 0 Å². The number of nitrogens with one attached hydrogen (secondary N) is 1. The van der Waals surface area contributed by atoms with Crippen molar-refractivity contribution in [3.05, 3.63) is 34.6 Å². The van der Waals surface area contributed by atoms with E-state index in [1.165, 1.54) is 6.07 Å². The summed E-state index contributed by atoms with van der Waals surface area (Å²) < 4.78 is 13.3. The highest BCUT2D eigenvalue weighted by molar-refractivity contribution is 6.31. The van der Waals surface area contributed by atoms with Crippen molar-refractivity contribution in [1.82, 2.24) is 5.32 Å². The second kappa shape index (κ2) is 6.21. The maximum absolute atomic E-state index is 13.3. The number of halogens is 2. The third kappa shape index (κ3) is 3.19. The van der Waals surface area contributed by atoms with Crippen molar-refractivity contribution in [3.63, 3.8) is 0 Å². The maximum Gasteiger partial charge on any atom is 0.142 e. The molecule has 3 heteroatoms. The largest absolute Gasteiger partial charge is 0.317 e. The van der Waals surface area contributed by atoms with Crippen LogP contribution in [0.15, 0.2) is 18.2 Å². The second-order valence-electron chi connectivity index (χ2n) is 4.16. The Morgan fingerprint density at radius 2 is 2.12 bits per heavy atom. The predicted octanol–water partition coefficient (Wildman–Crippen LogP) is 3.66. The van der Waals surface area contributed by atoms with Crippen LogP contribution < -0.4 is 5.32 Å². The molecule has 0 aliphatic rings. The van der Waals surface area contributed by atoms with E-state index in [-0.39, 0.29) is 10.8 Å². The Hall–Kier alpha value is -0.600. The van der Waals surface area contributed by atoms with Crippen molar-refractivity contribution in [3.8, 4) is 0 Å². The Morgan fingerprint density at radius 1 is 1.44 bits per heavy atom. The standard InChI is InChI=1S/C13H19ClFN/c1-4-10(9(2)16-3)8-11-6-5-7-12(15)13(11)14/h5-7,9-10,16H,4,8H2,1-3H3. The highest BCUT2D eigenvalue weighted by atomic mass is 35.5. The third-order valence-corrected chi connectivity index (χ3v) is 3.62. The lowest BCUT2D eigenvalue weighted by molar-refractivity contribution is 0.381. The Labute approximate surface area is 102 Å². The van der Waals surface area contributed by atoms with Gasteiger partial charge in [-0.25, -0.2) is 4.39 Å². The van der Waals surface area contributed by atoms with E-state index in [1.807, 2.05) is 13.1 Å². The molecule has 0 bridgehead atoms. The van der Waals surface area contributed by atoms with Crippen LogP contribution >= 0.6 is 11.6 Å². The highest BCUT2D eigenvalue weighted by Crippen LogP contribution is 2.24. The van der Waals surface area contributed by atoms with Crippen molar-refractivity contribution in [2.24, 2.45) is 5.92 Å². The summed E-state index contributed by atoms with van der Waals surface area (Å²) in [7, 11) is 1.94. The lowest BCUT2D eigenvalue weighted by Gasteiger charge is -2.22. The van der Waals surface area contributed by atoms with Crippen LogP contribution in [0.1, 0.15) is 25.8 Å². The van der Waals surface area contributed by atoms with Gasteiger partial charge in [-0.1, -0.05) is 37.1 Å².